The zero-order valence-electron chi connectivity index (χ0n) is 8.86. The van der Waals surface area contributed by atoms with E-state index in [0.717, 1.165) is 0 Å². The second-order valence-corrected chi connectivity index (χ2v) is 3.06. The quantitative estimate of drug-likeness (QED) is 0.736. The van der Waals surface area contributed by atoms with Crippen LogP contribution in [0.1, 0.15) is 28.9 Å². The number of rotatable bonds is 5. The molecule has 1 heterocycles. The number of hydrogen-bond donors (Lipinski definition) is 1. The Morgan fingerprint density at radius 2 is 2.27 bits per heavy atom. The molecule has 0 aliphatic rings. The Labute approximate surface area is 88.1 Å². The summed E-state index contributed by atoms with van der Waals surface area (Å²) in [6.07, 6.45) is 0.538. The molecule has 0 radical (unpaired) electrons. The van der Waals surface area contributed by atoms with Crippen LogP contribution >= 0.6 is 0 Å². The molecule has 0 fully saturated rings. The van der Waals surface area contributed by atoms with Crippen molar-refractivity contribution in [2.75, 3.05) is 13.2 Å². The van der Waals surface area contributed by atoms with Crippen LogP contribution in [0.5, 0.6) is 0 Å². The number of carbonyl (C=O) groups is 1. The van der Waals surface area contributed by atoms with Crippen molar-refractivity contribution in [1.29, 1.82) is 0 Å². The fraction of sp³-hybridized carbons (Fsp3) is 0.500. The van der Waals surface area contributed by atoms with Gasteiger partial charge in [-0.15, -0.1) is 0 Å². The highest BCUT2D eigenvalue weighted by atomic mass is 16.5. The second-order valence-electron chi connectivity index (χ2n) is 3.06. The van der Waals surface area contributed by atoms with Crippen LogP contribution in [-0.2, 0) is 11.2 Å². The Balaban J connectivity index is 2.75. The fourth-order valence-electron chi connectivity index (χ4n) is 1.16. The van der Waals surface area contributed by atoms with Crippen molar-refractivity contribution < 1.29 is 14.6 Å². The SMILES string of the molecule is CCOCCc1nc(C)cc(C(=O)O)n1. The Bertz CT molecular complexity index is 353. The van der Waals surface area contributed by atoms with E-state index in [1.807, 2.05) is 6.92 Å². The van der Waals surface area contributed by atoms with Crippen molar-refractivity contribution in [1.82, 2.24) is 9.97 Å². The van der Waals surface area contributed by atoms with E-state index in [0.29, 0.717) is 31.2 Å². The third-order valence-corrected chi connectivity index (χ3v) is 1.79. The average molecular weight is 210 g/mol. The van der Waals surface area contributed by atoms with E-state index in [9.17, 15) is 4.79 Å². The van der Waals surface area contributed by atoms with Gasteiger partial charge in [0.2, 0.25) is 0 Å². The van der Waals surface area contributed by atoms with Crippen LogP contribution in [0, 0.1) is 6.92 Å². The summed E-state index contributed by atoms with van der Waals surface area (Å²) in [5, 5.41) is 8.78. The van der Waals surface area contributed by atoms with E-state index < -0.39 is 5.97 Å². The van der Waals surface area contributed by atoms with Gasteiger partial charge in [-0.05, 0) is 19.9 Å². The number of nitrogens with zero attached hydrogens (tertiary/aromatic N) is 2. The highest BCUT2D eigenvalue weighted by Crippen LogP contribution is 2.01. The molecule has 0 aliphatic heterocycles. The van der Waals surface area contributed by atoms with E-state index in [1.54, 1.807) is 6.92 Å². The van der Waals surface area contributed by atoms with Crippen molar-refractivity contribution >= 4 is 5.97 Å². The Morgan fingerprint density at radius 3 is 2.87 bits per heavy atom. The van der Waals surface area contributed by atoms with Crippen LogP contribution in [0.2, 0.25) is 0 Å². The number of aromatic carboxylic acids is 1. The molecular weight excluding hydrogens is 196 g/mol. The molecule has 15 heavy (non-hydrogen) atoms. The van der Waals surface area contributed by atoms with Crippen molar-refractivity contribution in [2.45, 2.75) is 20.3 Å². The lowest BCUT2D eigenvalue weighted by Gasteiger charge is -2.03. The Morgan fingerprint density at radius 1 is 1.53 bits per heavy atom. The molecule has 0 unspecified atom stereocenters. The maximum atomic E-state index is 10.7. The van der Waals surface area contributed by atoms with Crippen molar-refractivity contribution in [3.8, 4) is 0 Å². The topological polar surface area (TPSA) is 72.3 Å². The highest BCUT2D eigenvalue weighted by molar-refractivity contribution is 5.85. The van der Waals surface area contributed by atoms with Crippen molar-refractivity contribution in [2.24, 2.45) is 0 Å². The molecule has 0 spiro atoms. The molecule has 0 aliphatic carbocycles. The zero-order chi connectivity index (χ0) is 11.3. The van der Waals surface area contributed by atoms with Gasteiger partial charge in [-0.1, -0.05) is 0 Å². The summed E-state index contributed by atoms with van der Waals surface area (Å²) in [6, 6.07) is 1.45. The number of ether oxygens (including phenoxy) is 1. The maximum absolute atomic E-state index is 10.7. The molecule has 0 saturated carbocycles. The minimum absolute atomic E-state index is 0.0361. The van der Waals surface area contributed by atoms with Crippen molar-refractivity contribution in [3.63, 3.8) is 0 Å². The van der Waals surface area contributed by atoms with Crippen LogP contribution < -0.4 is 0 Å². The van der Waals surface area contributed by atoms with Gasteiger partial charge >= 0.3 is 5.97 Å². The van der Waals surface area contributed by atoms with Gasteiger partial charge in [0.1, 0.15) is 5.82 Å². The first-order chi connectivity index (χ1) is 7.13. The summed E-state index contributed by atoms with van der Waals surface area (Å²) in [7, 11) is 0. The van der Waals surface area contributed by atoms with Crippen LogP contribution in [-0.4, -0.2) is 34.3 Å². The first-order valence-corrected chi connectivity index (χ1v) is 4.79. The molecule has 5 heteroatoms. The summed E-state index contributed by atoms with van der Waals surface area (Å²) in [4.78, 5) is 18.8. The molecule has 1 rings (SSSR count). The largest absolute Gasteiger partial charge is 0.477 e. The summed E-state index contributed by atoms with van der Waals surface area (Å²) in [6.45, 7) is 4.80. The fourth-order valence-corrected chi connectivity index (χ4v) is 1.16. The van der Waals surface area contributed by atoms with E-state index in [1.165, 1.54) is 6.07 Å². The lowest BCUT2D eigenvalue weighted by Crippen LogP contribution is -2.09. The first kappa shape index (κ1) is 11.6. The average Bonchev–Trinajstić information content (AvgIpc) is 2.17. The van der Waals surface area contributed by atoms with Gasteiger partial charge in [-0.2, -0.15) is 0 Å². The van der Waals surface area contributed by atoms with Crippen LogP contribution in [0.15, 0.2) is 6.07 Å². The van der Waals surface area contributed by atoms with Gasteiger partial charge < -0.3 is 9.84 Å². The van der Waals surface area contributed by atoms with Gasteiger partial charge in [-0.3, -0.25) is 0 Å². The number of aromatic nitrogens is 2. The Hall–Kier alpha value is -1.49. The number of carboxylic acid groups (broad SMARTS) is 1. The first-order valence-electron chi connectivity index (χ1n) is 4.79. The minimum Gasteiger partial charge on any atom is -0.477 e. The number of aryl methyl sites for hydroxylation is 1. The van der Waals surface area contributed by atoms with E-state index >= 15 is 0 Å². The molecule has 0 bridgehead atoms. The smallest absolute Gasteiger partial charge is 0.354 e. The molecule has 1 aromatic heterocycles. The summed E-state index contributed by atoms with van der Waals surface area (Å²) in [5.41, 5.74) is 0.697. The van der Waals surface area contributed by atoms with Gasteiger partial charge in [0.25, 0.3) is 0 Å². The van der Waals surface area contributed by atoms with Crippen LogP contribution in [0.25, 0.3) is 0 Å². The predicted octanol–water partition coefficient (Wildman–Crippen LogP) is 1.06. The van der Waals surface area contributed by atoms with Crippen molar-refractivity contribution in [3.05, 3.63) is 23.3 Å². The molecule has 1 aromatic rings. The van der Waals surface area contributed by atoms with Gasteiger partial charge in [0.15, 0.2) is 5.69 Å². The standard InChI is InChI=1S/C10H14N2O3/c1-3-15-5-4-9-11-7(2)6-8(12-9)10(13)14/h6H,3-5H2,1-2H3,(H,13,14). The van der Waals surface area contributed by atoms with Gasteiger partial charge in [0.05, 0.1) is 6.61 Å². The lowest BCUT2D eigenvalue weighted by atomic mass is 10.3. The number of carboxylic acids is 1. The molecule has 0 saturated heterocycles. The predicted molar refractivity (Wildman–Crippen MR) is 53.9 cm³/mol. The summed E-state index contributed by atoms with van der Waals surface area (Å²) < 4.78 is 5.15. The van der Waals surface area contributed by atoms with Crippen LogP contribution in [0.3, 0.4) is 0 Å². The lowest BCUT2D eigenvalue weighted by molar-refractivity contribution is 0.0689. The molecule has 0 atom stereocenters. The van der Waals surface area contributed by atoms with E-state index in [-0.39, 0.29) is 5.69 Å². The third-order valence-electron chi connectivity index (χ3n) is 1.79. The Kier molecular flexibility index (Phi) is 4.17. The minimum atomic E-state index is -1.03. The normalized spacial score (nSPS) is 10.3. The summed E-state index contributed by atoms with van der Waals surface area (Å²) >= 11 is 0. The molecule has 1 N–H and O–H groups in total. The van der Waals surface area contributed by atoms with E-state index in [4.69, 9.17) is 9.84 Å². The maximum Gasteiger partial charge on any atom is 0.354 e. The monoisotopic (exact) mass is 210 g/mol. The van der Waals surface area contributed by atoms with Gasteiger partial charge in [0, 0.05) is 18.7 Å². The van der Waals surface area contributed by atoms with Gasteiger partial charge in [-0.25, -0.2) is 14.8 Å². The second kappa shape index (κ2) is 5.41. The number of hydrogen-bond acceptors (Lipinski definition) is 4. The third kappa shape index (κ3) is 3.63. The summed E-state index contributed by atoms with van der Waals surface area (Å²) in [5.74, 6) is -0.515. The molecule has 0 aromatic carbocycles. The van der Waals surface area contributed by atoms with E-state index in [2.05, 4.69) is 9.97 Å². The molecule has 82 valence electrons. The zero-order valence-corrected chi connectivity index (χ0v) is 8.86. The molecular formula is C10H14N2O3. The highest BCUT2D eigenvalue weighted by Gasteiger charge is 2.08. The van der Waals surface area contributed by atoms with Crippen LogP contribution in [0.4, 0.5) is 0 Å². The molecule has 0 amide bonds. The molecule has 5 nitrogen and oxygen atoms in total.